The van der Waals surface area contributed by atoms with Gasteiger partial charge in [-0.3, -0.25) is 5.77 Å². The molecule has 0 aromatic carbocycles. The van der Waals surface area contributed by atoms with Crippen LogP contribution in [0, 0.1) is 0 Å². The molecule has 0 fully saturated rings. The van der Waals surface area contributed by atoms with Crippen molar-refractivity contribution in [2.24, 2.45) is 0 Å². The first-order valence-corrected chi connectivity index (χ1v) is 4.38. The summed E-state index contributed by atoms with van der Waals surface area (Å²) in [7, 11) is 0. The predicted octanol–water partition coefficient (Wildman–Crippen LogP) is -0.832. The van der Waals surface area contributed by atoms with E-state index in [9.17, 15) is 9.46 Å². The average Bonchev–Trinajstić information content (AvgIpc) is 0.722. The largest absolute Gasteiger partial charge is 3.00 e. The Kier molecular flexibility index (Phi) is 5.95. The van der Waals surface area contributed by atoms with E-state index in [0.29, 0.717) is 0 Å². The molecule has 0 atom stereocenters. The Labute approximate surface area is 57.2 Å². The van der Waals surface area contributed by atoms with Crippen LogP contribution in [0.25, 0.3) is 0 Å². The fourth-order valence-electron chi connectivity index (χ4n) is 0. The van der Waals surface area contributed by atoms with Crippen LogP contribution >= 0.6 is 5.77 Å². The molecule has 0 aliphatic heterocycles. The monoisotopic (exact) mass is 154 g/mol. The van der Waals surface area contributed by atoms with Crippen molar-refractivity contribution in [1.82, 2.24) is 0 Å². The molecule has 0 aliphatic carbocycles. The summed E-state index contributed by atoms with van der Waals surface area (Å²) in [5.74, 6) is -3.72. The van der Waals surface area contributed by atoms with Crippen molar-refractivity contribution in [1.29, 1.82) is 0 Å². The smallest absolute Gasteiger partial charge is 0.835 e. The van der Waals surface area contributed by atoms with Crippen LogP contribution < -0.4 is 4.89 Å². The number of rotatable bonds is 0. The molecule has 0 saturated carbocycles. The Balaban J connectivity index is 0. The molecule has 0 unspecified atom stereocenters. The SMILES string of the molecule is O=P([O-])([S-])[S-].[Al+3]. The van der Waals surface area contributed by atoms with E-state index in [1.807, 2.05) is 0 Å². The summed E-state index contributed by atoms with van der Waals surface area (Å²) >= 11 is 7.28. The van der Waals surface area contributed by atoms with Crippen LogP contribution in [0.4, 0.5) is 0 Å². The average molecular weight is 154 g/mol. The summed E-state index contributed by atoms with van der Waals surface area (Å²) in [6.07, 6.45) is 0. The van der Waals surface area contributed by atoms with Crippen molar-refractivity contribution in [3.63, 3.8) is 0 Å². The van der Waals surface area contributed by atoms with E-state index in [-0.39, 0.29) is 17.4 Å². The van der Waals surface area contributed by atoms with E-state index in [0.717, 1.165) is 0 Å². The molecule has 0 N–H and O–H groups in total. The summed E-state index contributed by atoms with van der Waals surface area (Å²) in [4.78, 5) is 9.29. The standard InChI is InChI=1S/Al.H3O2PS2/c;1-3(2,4)5/h;(H3,1,2,4,5)/q+3;/p-3. The van der Waals surface area contributed by atoms with Gasteiger partial charge >= 0.3 is 17.4 Å². The molecule has 6 heteroatoms. The maximum Gasteiger partial charge on any atom is 3.00 e. The molecule has 0 aromatic rings. The van der Waals surface area contributed by atoms with Gasteiger partial charge in [0.2, 0.25) is 0 Å². The normalized spacial score (nSPS) is 9.83. The molecule has 2 nitrogen and oxygen atoms in total. The Bertz CT molecular complexity index is 57.7. The zero-order valence-electron chi connectivity index (χ0n) is 2.66. The molecule has 0 saturated heterocycles. The number of hydrogen-bond acceptors (Lipinski definition) is 4. The van der Waals surface area contributed by atoms with Gasteiger partial charge in [-0.05, 0) is 0 Å². The molecule has 0 rings (SSSR count). The van der Waals surface area contributed by atoms with Crippen LogP contribution in [-0.2, 0) is 29.1 Å². The van der Waals surface area contributed by atoms with E-state index < -0.39 is 5.77 Å². The molecule has 32 valence electrons. The molecule has 0 heterocycles. The third-order valence-electron chi connectivity index (χ3n) is 0. The first-order chi connectivity index (χ1) is 2.00. The van der Waals surface area contributed by atoms with Crippen molar-refractivity contribution in [2.45, 2.75) is 0 Å². The van der Waals surface area contributed by atoms with Gasteiger partial charge in [0.15, 0.2) is 0 Å². The maximum atomic E-state index is 9.29. The van der Waals surface area contributed by atoms with E-state index in [1.54, 1.807) is 0 Å². The van der Waals surface area contributed by atoms with Crippen molar-refractivity contribution >= 4 is 47.6 Å². The summed E-state index contributed by atoms with van der Waals surface area (Å²) in [6, 6.07) is 0. The Morgan fingerprint density at radius 2 is 1.50 bits per heavy atom. The van der Waals surface area contributed by atoms with Crippen LogP contribution in [0.3, 0.4) is 0 Å². The van der Waals surface area contributed by atoms with Crippen LogP contribution in [0.2, 0.25) is 0 Å². The molecule has 0 amide bonds. The Morgan fingerprint density at radius 1 is 1.50 bits per heavy atom. The molecular formula is AlO2PS2. The second-order valence-electron chi connectivity index (χ2n) is 0.447. The zero-order chi connectivity index (χ0) is 4.50. The first-order valence-electron chi connectivity index (χ1n) is 0.730. The van der Waals surface area contributed by atoms with Gasteiger partial charge in [0.1, 0.15) is 0 Å². The second kappa shape index (κ2) is 3.43. The molecular weight excluding hydrogens is 154 g/mol. The topological polar surface area (TPSA) is 40.1 Å². The minimum atomic E-state index is -3.72. The predicted molar refractivity (Wildman–Crippen MR) is 28.1 cm³/mol. The molecule has 6 heavy (non-hydrogen) atoms. The van der Waals surface area contributed by atoms with E-state index in [2.05, 4.69) is 24.5 Å². The molecule has 0 aromatic heterocycles. The first kappa shape index (κ1) is 10.4. The fourth-order valence-corrected chi connectivity index (χ4v) is 0. The Hall–Kier alpha value is 1.42. The third kappa shape index (κ3) is 52.4. The van der Waals surface area contributed by atoms with E-state index in [4.69, 9.17) is 0 Å². The van der Waals surface area contributed by atoms with Gasteiger partial charge in [-0.15, -0.1) is 0 Å². The van der Waals surface area contributed by atoms with Crippen molar-refractivity contribution in [2.75, 3.05) is 0 Å². The van der Waals surface area contributed by atoms with E-state index in [1.165, 1.54) is 0 Å². The van der Waals surface area contributed by atoms with Gasteiger partial charge in [0.05, 0.1) is 0 Å². The van der Waals surface area contributed by atoms with Gasteiger partial charge < -0.3 is 34.0 Å². The molecule has 0 spiro atoms. The summed E-state index contributed by atoms with van der Waals surface area (Å²) in [5.41, 5.74) is 0. The van der Waals surface area contributed by atoms with Crippen LogP contribution in [0.15, 0.2) is 0 Å². The van der Waals surface area contributed by atoms with Crippen LogP contribution in [-0.4, -0.2) is 17.4 Å². The summed E-state index contributed by atoms with van der Waals surface area (Å²) < 4.78 is 9.29. The minimum absolute atomic E-state index is 0. The van der Waals surface area contributed by atoms with E-state index >= 15 is 0 Å². The molecule has 0 radical (unpaired) electrons. The van der Waals surface area contributed by atoms with Crippen LogP contribution in [0.5, 0.6) is 0 Å². The Morgan fingerprint density at radius 3 is 1.50 bits per heavy atom. The number of hydrogen-bond donors (Lipinski definition) is 0. The second-order valence-corrected chi connectivity index (χ2v) is 4.92. The summed E-state index contributed by atoms with van der Waals surface area (Å²) in [5, 5.41) is 0. The van der Waals surface area contributed by atoms with Crippen molar-refractivity contribution in [3.05, 3.63) is 0 Å². The van der Waals surface area contributed by atoms with Gasteiger partial charge in [0.25, 0.3) is 0 Å². The molecule has 0 bridgehead atoms. The fraction of sp³-hybridized carbons (Fsp3) is 0. The summed E-state index contributed by atoms with van der Waals surface area (Å²) in [6.45, 7) is 0. The third-order valence-corrected chi connectivity index (χ3v) is 0. The van der Waals surface area contributed by atoms with Gasteiger partial charge in [0, 0.05) is 0 Å². The van der Waals surface area contributed by atoms with Gasteiger partial charge in [-0.2, -0.15) is 0 Å². The van der Waals surface area contributed by atoms with Crippen LogP contribution in [0.1, 0.15) is 0 Å². The van der Waals surface area contributed by atoms with Crippen molar-refractivity contribution in [3.8, 4) is 0 Å². The van der Waals surface area contributed by atoms with Gasteiger partial charge in [-0.1, -0.05) is 0 Å². The minimum Gasteiger partial charge on any atom is -0.835 e. The molecule has 0 aliphatic rings. The zero-order valence-corrected chi connectivity index (χ0v) is 6.34. The maximum absolute atomic E-state index is 9.29. The quantitative estimate of drug-likeness (QED) is 0.259. The van der Waals surface area contributed by atoms with Gasteiger partial charge in [-0.25, -0.2) is 0 Å². The van der Waals surface area contributed by atoms with Crippen molar-refractivity contribution < 1.29 is 9.46 Å².